The third-order valence-electron chi connectivity index (χ3n) is 7.02. The Balaban J connectivity index is 1.57. The van der Waals surface area contributed by atoms with Crippen LogP contribution in [0.25, 0.3) is 0 Å². The van der Waals surface area contributed by atoms with Crippen molar-refractivity contribution in [2.24, 2.45) is 0 Å². The van der Waals surface area contributed by atoms with E-state index in [1.807, 2.05) is 0 Å². The summed E-state index contributed by atoms with van der Waals surface area (Å²) >= 11 is 0. The predicted molar refractivity (Wildman–Crippen MR) is 119 cm³/mol. The number of amides is 1. The van der Waals surface area contributed by atoms with E-state index in [0.29, 0.717) is 5.69 Å². The van der Waals surface area contributed by atoms with Crippen molar-refractivity contribution in [1.82, 2.24) is 5.32 Å². The topological polar surface area (TPSA) is 96.5 Å². The van der Waals surface area contributed by atoms with Crippen LogP contribution in [0.5, 0.6) is 5.75 Å². The van der Waals surface area contributed by atoms with Crippen LogP contribution in [-0.4, -0.2) is 34.5 Å². The Kier molecular flexibility index (Phi) is 5.13. The smallest absolute Gasteiger partial charge is 0.264 e. The number of halogens is 1. The molecule has 32 heavy (non-hydrogen) atoms. The van der Waals surface area contributed by atoms with Crippen molar-refractivity contribution in [2.75, 3.05) is 30.2 Å². The summed E-state index contributed by atoms with van der Waals surface area (Å²) in [6, 6.07) is 7.19. The number of ether oxygens (including phenoxy) is 1. The molecule has 3 N–H and O–H groups in total. The predicted octanol–water partition coefficient (Wildman–Crippen LogP) is 3.48. The second-order valence-corrected chi connectivity index (χ2v) is 10.5. The fraction of sp³-hybridized carbons (Fsp3) is 0.435. The Bertz CT molecular complexity index is 1190. The molecule has 2 aromatic carbocycles. The summed E-state index contributed by atoms with van der Waals surface area (Å²) in [5, 5.41) is 6.43. The molecule has 3 aliphatic rings. The molecule has 1 saturated heterocycles. The van der Waals surface area contributed by atoms with Gasteiger partial charge in [0.25, 0.3) is 10.0 Å². The maximum Gasteiger partial charge on any atom is 0.264 e. The number of carbonyl (C=O) groups is 1. The van der Waals surface area contributed by atoms with Crippen LogP contribution in [0, 0.1) is 5.82 Å². The molecule has 2 aromatic rings. The molecule has 0 unspecified atom stereocenters. The van der Waals surface area contributed by atoms with Crippen LogP contribution in [0.4, 0.5) is 15.8 Å². The van der Waals surface area contributed by atoms with Gasteiger partial charge in [-0.25, -0.2) is 12.8 Å². The number of benzene rings is 2. The van der Waals surface area contributed by atoms with Crippen molar-refractivity contribution < 1.29 is 22.3 Å². The normalized spacial score (nSPS) is 19.9. The first-order valence-corrected chi connectivity index (χ1v) is 12.4. The molecule has 1 aliphatic carbocycles. The summed E-state index contributed by atoms with van der Waals surface area (Å²) in [5.74, 6) is -0.439. The molecule has 2 heterocycles. The van der Waals surface area contributed by atoms with E-state index in [4.69, 9.17) is 4.74 Å². The van der Waals surface area contributed by atoms with E-state index in [1.54, 1.807) is 12.1 Å². The zero-order valence-electron chi connectivity index (χ0n) is 17.8. The van der Waals surface area contributed by atoms with Gasteiger partial charge in [-0.2, -0.15) is 0 Å². The molecule has 5 rings (SSSR count). The van der Waals surface area contributed by atoms with Gasteiger partial charge in [0.1, 0.15) is 16.5 Å². The number of piperidine rings is 1. The Labute approximate surface area is 186 Å². The highest BCUT2D eigenvalue weighted by atomic mass is 32.2. The van der Waals surface area contributed by atoms with E-state index in [9.17, 15) is 17.6 Å². The van der Waals surface area contributed by atoms with Crippen LogP contribution in [-0.2, 0) is 20.2 Å². The number of nitrogens with one attached hydrogen (secondary N) is 3. The van der Waals surface area contributed by atoms with Crippen molar-refractivity contribution in [3.63, 3.8) is 0 Å². The molecule has 1 amide bonds. The number of anilines is 2. The zero-order chi connectivity index (χ0) is 22.5. The molecule has 0 aromatic heterocycles. The quantitative estimate of drug-likeness (QED) is 0.636. The van der Waals surface area contributed by atoms with Crippen molar-refractivity contribution in [3.8, 4) is 5.75 Å². The number of hydrogen-bond acceptors (Lipinski definition) is 5. The number of methoxy groups -OCH3 is 1. The first-order valence-electron chi connectivity index (χ1n) is 10.9. The molecule has 170 valence electrons. The molecule has 1 saturated carbocycles. The number of sulfonamides is 1. The first-order chi connectivity index (χ1) is 15.3. The van der Waals surface area contributed by atoms with Gasteiger partial charge in [0.05, 0.1) is 12.5 Å². The lowest BCUT2D eigenvalue weighted by molar-refractivity contribution is -0.123. The van der Waals surface area contributed by atoms with E-state index >= 15 is 0 Å². The van der Waals surface area contributed by atoms with Crippen molar-refractivity contribution >= 4 is 27.3 Å². The molecule has 0 radical (unpaired) electrons. The number of rotatable bonds is 5. The molecule has 0 bridgehead atoms. The highest BCUT2D eigenvalue weighted by Crippen LogP contribution is 2.54. The highest BCUT2D eigenvalue weighted by molar-refractivity contribution is 7.92. The van der Waals surface area contributed by atoms with Gasteiger partial charge in [-0.1, -0.05) is 6.42 Å². The summed E-state index contributed by atoms with van der Waals surface area (Å²) in [5.41, 5.74) is 2.42. The van der Waals surface area contributed by atoms with Crippen LogP contribution in [0.15, 0.2) is 35.2 Å². The Hall–Kier alpha value is -2.65. The van der Waals surface area contributed by atoms with Gasteiger partial charge in [0.15, 0.2) is 0 Å². The lowest BCUT2D eigenvalue weighted by atomic mass is 9.65. The summed E-state index contributed by atoms with van der Waals surface area (Å²) in [6.45, 7) is 1.73. The maximum atomic E-state index is 14.5. The van der Waals surface area contributed by atoms with Gasteiger partial charge in [0, 0.05) is 17.4 Å². The molecule has 7 nitrogen and oxygen atoms in total. The van der Waals surface area contributed by atoms with Crippen LogP contribution < -0.4 is 20.1 Å². The average molecular weight is 460 g/mol. The molecular weight excluding hydrogens is 433 g/mol. The minimum absolute atomic E-state index is 0.00450. The largest absolute Gasteiger partial charge is 0.497 e. The standard InChI is InChI=1S/C23H26FN3O4S/c1-31-16-3-4-20(19(24)13-16)32(29,30)27-15-11-17(14-5-9-25-10-6-14)21-18(12-15)23(7-2-8-23)22(28)26-21/h3-4,11-14,25,27H,2,5-10H2,1H3,(H,26,28). The molecule has 1 spiro atoms. The minimum atomic E-state index is -4.17. The van der Waals surface area contributed by atoms with E-state index in [-0.39, 0.29) is 17.6 Å². The number of fused-ring (bicyclic) bond motifs is 2. The fourth-order valence-corrected chi connectivity index (χ4v) is 6.22. The third kappa shape index (κ3) is 3.34. The van der Waals surface area contributed by atoms with Crippen LogP contribution in [0.3, 0.4) is 0 Å². The number of hydrogen-bond donors (Lipinski definition) is 3. The summed E-state index contributed by atoms with van der Waals surface area (Å²) in [6.07, 6.45) is 4.27. The molecule has 2 fully saturated rings. The van der Waals surface area contributed by atoms with Gasteiger partial charge >= 0.3 is 0 Å². The molecule has 2 aliphatic heterocycles. The van der Waals surface area contributed by atoms with Gasteiger partial charge < -0.3 is 15.4 Å². The van der Waals surface area contributed by atoms with Gasteiger partial charge in [-0.3, -0.25) is 9.52 Å². The molecule has 0 atom stereocenters. The fourth-order valence-electron chi connectivity index (χ4n) is 5.11. The highest BCUT2D eigenvalue weighted by Gasteiger charge is 2.52. The van der Waals surface area contributed by atoms with Gasteiger partial charge in [0.2, 0.25) is 5.91 Å². The second kappa shape index (κ2) is 7.74. The SMILES string of the molecule is COc1ccc(S(=O)(=O)Nc2cc(C3CCNCC3)c3c(c2)C2(CCC2)C(=O)N3)c(F)c1. The lowest BCUT2D eigenvalue weighted by Crippen LogP contribution is -2.40. The summed E-state index contributed by atoms with van der Waals surface area (Å²) in [4.78, 5) is 12.4. The van der Waals surface area contributed by atoms with Crippen LogP contribution in [0.2, 0.25) is 0 Å². The van der Waals surface area contributed by atoms with E-state index in [0.717, 1.165) is 68.1 Å². The third-order valence-corrected chi connectivity index (χ3v) is 8.44. The average Bonchev–Trinajstić information content (AvgIpc) is 3.05. The van der Waals surface area contributed by atoms with E-state index < -0.39 is 26.2 Å². The maximum absolute atomic E-state index is 14.5. The van der Waals surface area contributed by atoms with Gasteiger partial charge in [-0.05, 0) is 80.1 Å². The van der Waals surface area contributed by atoms with Crippen molar-refractivity contribution in [1.29, 1.82) is 0 Å². The minimum Gasteiger partial charge on any atom is -0.497 e. The zero-order valence-corrected chi connectivity index (χ0v) is 18.6. The second-order valence-electron chi connectivity index (χ2n) is 8.80. The summed E-state index contributed by atoms with van der Waals surface area (Å²) in [7, 11) is -2.78. The van der Waals surface area contributed by atoms with E-state index in [1.165, 1.54) is 19.2 Å². The Morgan fingerprint density at radius 2 is 1.91 bits per heavy atom. The molecular formula is C23H26FN3O4S. The Morgan fingerprint density at radius 1 is 1.16 bits per heavy atom. The number of carbonyl (C=O) groups excluding carboxylic acids is 1. The van der Waals surface area contributed by atoms with Crippen molar-refractivity contribution in [2.45, 2.75) is 48.3 Å². The first kappa shape index (κ1) is 21.2. The van der Waals surface area contributed by atoms with Crippen molar-refractivity contribution in [3.05, 3.63) is 47.3 Å². The van der Waals surface area contributed by atoms with Crippen LogP contribution >= 0.6 is 0 Å². The van der Waals surface area contributed by atoms with Gasteiger partial charge in [-0.15, -0.1) is 0 Å². The lowest BCUT2D eigenvalue weighted by Gasteiger charge is -2.36. The summed E-state index contributed by atoms with van der Waals surface area (Å²) < 4.78 is 48.1. The Morgan fingerprint density at radius 3 is 2.53 bits per heavy atom. The monoisotopic (exact) mass is 459 g/mol. The molecule has 9 heteroatoms. The van der Waals surface area contributed by atoms with Crippen LogP contribution in [0.1, 0.15) is 49.1 Å². The van der Waals surface area contributed by atoms with E-state index in [2.05, 4.69) is 15.4 Å².